The molecule has 0 bridgehead atoms. The largest absolute Gasteiger partial charge is 0.494 e. The van der Waals surface area contributed by atoms with Crippen molar-refractivity contribution in [3.63, 3.8) is 0 Å². The molecule has 0 fully saturated rings. The second-order valence-electron chi connectivity index (χ2n) is 3.74. The lowest BCUT2D eigenvalue weighted by Crippen LogP contribution is -1.87. The number of hydrogen-bond donors (Lipinski definition) is 1. The summed E-state index contributed by atoms with van der Waals surface area (Å²) >= 11 is 5.08. The van der Waals surface area contributed by atoms with Crippen LogP contribution in [0.25, 0.3) is 16.2 Å². The van der Waals surface area contributed by atoms with Crippen LogP contribution in [0.1, 0.15) is 4.88 Å². The molecule has 0 saturated carbocycles. The molecule has 0 spiro atoms. The van der Waals surface area contributed by atoms with Gasteiger partial charge in [-0.2, -0.15) is 0 Å². The molecule has 3 aromatic heterocycles. The molecule has 0 amide bonds. The first-order valence-corrected chi connectivity index (χ1v) is 6.70. The number of halogens is 1. The average Bonchev–Trinajstić information content (AvgIpc) is 2.85. The van der Waals surface area contributed by atoms with Crippen LogP contribution in [0.15, 0.2) is 34.9 Å². The Morgan fingerprint density at radius 3 is 2.82 bits per heavy atom. The Labute approximate surface area is 110 Å². The first kappa shape index (κ1) is 10.8. The van der Waals surface area contributed by atoms with E-state index in [1.54, 1.807) is 27.9 Å². The summed E-state index contributed by atoms with van der Waals surface area (Å²) in [6.07, 6.45) is 0. The molecule has 3 heterocycles. The van der Waals surface area contributed by atoms with E-state index in [0.29, 0.717) is 0 Å². The van der Waals surface area contributed by atoms with E-state index in [1.807, 2.05) is 12.1 Å². The van der Waals surface area contributed by atoms with Crippen molar-refractivity contribution in [1.29, 1.82) is 0 Å². The number of nitrogens with zero attached hydrogens (tertiary/aromatic N) is 2. The Kier molecular flexibility index (Phi) is 2.45. The van der Waals surface area contributed by atoms with Gasteiger partial charge in [-0.25, -0.2) is 4.98 Å². The fourth-order valence-electron chi connectivity index (χ4n) is 1.80. The van der Waals surface area contributed by atoms with Gasteiger partial charge in [0.1, 0.15) is 4.60 Å². The monoisotopic (exact) mass is 308 g/mol. The molecule has 0 saturated heterocycles. The number of thiophene rings is 1. The average molecular weight is 309 g/mol. The standard InChI is InChI=1S/C12H9BrN2OS/c1-7-5-6-9(17-7)12-14-11(13)8-3-2-4-10(16)15(8)12/h2-6,16H,1H3. The van der Waals surface area contributed by atoms with Crippen LogP contribution in [0.2, 0.25) is 0 Å². The summed E-state index contributed by atoms with van der Waals surface area (Å²) in [5.41, 5.74) is 0.867. The highest BCUT2D eigenvalue weighted by Gasteiger charge is 2.14. The summed E-state index contributed by atoms with van der Waals surface area (Å²) < 4.78 is 2.49. The van der Waals surface area contributed by atoms with Crippen LogP contribution in [-0.4, -0.2) is 14.5 Å². The Balaban J connectivity index is 2.37. The van der Waals surface area contributed by atoms with Gasteiger partial charge in [0.05, 0.1) is 10.4 Å². The molecular weight excluding hydrogens is 300 g/mol. The van der Waals surface area contributed by atoms with Gasteiger partial charge in [0.2, 0.25) is 0 Å². The van der Waals surface area contributed by atoms with Crippen LogP contribution in [-0.2, 0) is 0 Å². The summed E-state index contributed by atoms with van der Waals surface area (Å²) in [5.74, 6) is 0.963. The maximum absolute atomic E-state index is 9.94. The van der Waals surface area contributed by atoms with Crippen LogP contribution in [0.3, 0.4) is 0 Å². The third-order valence-corrected chi connectivity index (χ3v) is 4.14. The van der Waals surface area contributed by atoms with Gasteiger partial charge in [0, 0.05) is 4.88 Å². The van der Waals surface area contributed by atoms with Gasteiger partial charge in [-0.05, 0) is 47.1 Å². The highest BCUT2D eigenvalue weighted by molar-refractivity contribution is 9.10. The van der Waals surface area contributed by atoms with E-state index in [2.05, 4.69) is 33.9 Å². The molecule has 0 unspecified atom stereocenters. The predicted octanol–water partition coefficient (Wildman–Crippen LogP) is 3.84. The zero-order valence-electron chi connectivity index (χ0n) is 9.01. The molecule has 0 aromatic carbocycles. The lowest BCUT2D eigenvalue weighted by atomic mass is 10.4. The van der Waals surface area contributed by atoms with E-state index in [9.17, 15) is 5.11 Å². The lowest BCUT2D eigenvalue weighted by Gasteiger charge is -2.01. The smallest absolute Gasteiger partial charge is 0.197 e. The molecule has 0 aliphatic heterocycles. The molecule has 86 valence electrons. The number of rotatable bonds is 1. The van der Waals surface area contributed by atoms with Crippen molar-refractivity contribution < 1.29 is 5.11 Å². The summed E-state index contributed by atoms with van der Waals surface area (Å²) in [5, 5.41) is 9.94. The number of aryl methyl sites for hydroxylation is 1. The second kappa shape index (κ2) is 3.85. The molecule has 17 heavy (non-hydrogen) atoms. The summed E-state index contributed by atoms with van der Waals surface area (Å²) in [6.45, 7) is 2.05. The lowest BCUT2D eigenvalue weighted by molar-refractivity contribution is 0.447. The highest BCUT2D eigenvalue weighted by Crippen LogP contribution is 2.33. The van der Waals surface area contributed by atoms with E-state index >= 15 is 0 Å². The van der Waals surface area contributed by atoms with Crippen LogP contribution in [0.5, 0.6) is 5.88 Å². The van der Waals surface area contributed by atoms with Crippen molar-refractivity contribution in [2.75, 3.05) is 0 Å². The van der Waals surface area contributed by atoms with Crippen LogP contribution >= 0.6 is 27.3 Å². The summed E-state index contributed by atoms with van der Waals surface area (Å²) in [6, 6.07) is 9.45. The number of aromatic hydroxyl groups is 1. The van der Waals surface area contributed by atoms with Crippen molar-refractivity contribution in [2.24, 2.45) is 0 Å². The van der Waals surface area contributed by atoms with E-state index < -0.39 is 0 Å². The summed E-state index contributed by atoms with van der Waals surface area (Å²) in [7, 11) is 0. The molecular formula is C12H9BrN2OS. The Morgan fingerprint density at radius 1 is 1.29 bits per heavy atom. The Bertz CT molecular complexity index is 702. The van der Waals surface area contributed by atoms with Gasteiger partial charge in [-0.15, -0.1) is 11.3 Å². The van der Waals surface area contributed by atoms with Crippen LogP contribution in [0, 0.1) is 6.92 Å². The highest BCUT2D eigenvalue weighted by atomic mass is 79.9. The minimum atomic E-state index is 0.196. The summed E-state index contributed by atoms with van der Waals surface area (Å²) in [4.78, 5) is 6.74. The zero-order chi connectivity index (χ0) is 12.0. The normalized spacial score (nSPS) is 11.2. The van der Waals surface area contributed by atoms with Crippen molar-refractivity contribution in [1.82, 2.24) is 9.38 Å². The van der Waals surface area contributed by atoms with Crippen molar-refractivity contribution >= 4 is 32.8 Å². The Hall–Kier alpha value is -1.33. The molecule has 0 atom stereocenters. The maximum Gasteiger partial charge on any atom is 0.197 e. The van der Waals surface area contributed by atoms with Gasteiger partial charge in [-0.1, -0.05) is 6.07 Å². The second-order valence-corrected chi connectivity index (χ2v) is 5.78. The van der Waals surface area contributed by atoms with E-state index in [4.69, 9.17) is 0 Å². The molecule has 3 rings (SSSR count). The molecule has 1 N–H and O–H groups in total. The number of imidazole rings is 1. The Morgan fingerprint density at radius 2 is 2.12 bits per heavy atom. The topological polar surface area (TPSA) is 37.5 Å². The number of hydrogen-bond acceptors (Lipinski definition) is 3. The number of pyridine rings is 1. The van der Waals surface area contributed by atoms with Gasteiger partial charge >= 0.3 is 0 Å². The zero-order valence-corrected chi connectivity index (χ0v) is 11.4. The maximum atomic E-state index is 9.94. The molecule has 5 heteroatoms. The quantitative estimate of drug-likeness (QED) is 0.741. The van der Waals surface area contributed by atoms with E-state index in [-0.39, 0.29) is 5.88 Å². The fraction of sp³-hybridized carbons (Fsp3) is 0.0833. The third-order valence-electron chi connectivity index (χ3n) is 2.56. The number of fused-ring (bicyclic) bond motifs is 1. The fourth-order valence-corrected chi connectivity index (χ4v) is 3.13. The minimum Gasteiger partial charge on any atom is -0.494 e. The SMILES string of the molecule is Cc1ccc(-c2nc(Br)c3cccc(O)n23)s1. The van der Waals surface area contributed by atoms with Gasteiger partial charge in [-0.3, -0.25) is 4.40 Å². The predicted molar refractivity (Wildman–Crippen MR) is 72.6 cm³/mol. The van der Waals surface area contributed by atoms with E-state index in [1.165, 1.54) is 4.88 Å². The van der Waals surface area contributed by atoms with Gasteiger partial charge in [0.25, 0.3) is 0 Å². The van der Waals surface area contributed by atoms with Crippen LogP contribution < -0.4 is 0 Å². The van der Waals surface area contributed by atoms with E-state index in [0.717, 1.165) is 20.8 Å². The van der Waals surface area contributed by atoms with Crippen molar-refractivity contribution in [2.45, 2.75) is 6.92 Å². The molecule has 0 aliphatic rings. The van der Waals surface area contributed by atoms with Crippen LogP contribution in [0.4, 0.5) is 0 Å². The van der Waals surface area contributed by atoms with Gasteiger partial charge in [0.15, 0.2) is 11.7 Å². The first-order valence-electron chi connectivity index (χ1n) is 5.09. The van der Waals surface area contributed by atoms with Crippen molar-refractivity contribution in [3.05, 3.63) is 39.8 Å². The minimum absolute atomic E-state index is 0.196. The van der Waals surface area contributed by atoms with Crippen molar-refractivity contribution in [3.8, 4) is 16.6 Å². The molecule has 0 radical (unpaired) electrons. The molecule has 0 aliphatic carbocycles. The molecule has 3 nitrogen and oxygen atoms in total. The first-order chi connectivity index (χ1) is 8.16. The van der Waals surface area contributed by atoms with Gasteiger partial charge < -0.3 is 5.11 Å². The molecule has 3 aromatic rings. The number of aromatic nitrogens is 2. The third kappa shape index (κ3) is 1.66.